The number of hydrogen-bond donors (Lipinski definition) is 0. The van der Waals surface area contributed by atoms with Crippen LogP contribution < -0.4 is 14.2 Å². The van der Waals surface area contributed by atoms with Crippen LogP contribution in [-0.2, 0) is 4.74 Å². The van der Waals surface area contributed by atoms with Gasteiger partial charge in [0.25, 0.3) is 0 Å². The van der Waals surface area contributed by atoms with E-state index in [-0.39, 0.29) is 12.4 Å². The van der Waals surface area contributed by atoms with Gasteiger partial charge in [-0.05, 0) is 36.1 Å². The zero-order chi connectivity index (χ0) is 19.2. The lowest BCUT2D eigenvalue weighted by molar-refractivity contribution is 0.0598. The topological polar surface area (TPSA) is 77.8 Å². The Kier molecular flexibility index (Phi) is 5.89. The van der Waals surface area contributed by atoms with E-state index in [4.69, 9.17) is 18.9 Å². The van der Waals surface area contributed by atoms with Crippen molar-refractivity contribution >= 4 is 23.5 Å². The predicted molar refractivity (Wildman–Crippen MR) is 102 cm³/mol. The lowest BCUT2D eigenvalue weighted by Gasteiger charge is -2.15. The van der Waals surface area contributed by atoms with Crippen LogP contribution in [0.1, 0.15) is 22.8 Å². The summed E-state index contributed by atoms with van der Waals surface area (Å²) in [6.45, 7) is 2.10. The van der Waals surface area contributed by atoms with Crippen molar-refractivity contribution in [2.75, 3.05) is 19.7 Å². The van der Waals surface area contributed by atoms with Gasteiger partial charge < -0.3 is 18.9 Å². The van der Waals surface area contributed by atoms with Crippen LogP contribution in [0.25, 0.3) is 5.76 Å². The summed E-state index contributed by atoms with van der Waals surface area (Å²) in [6, 6.07) is 14.2. The molecule has 0 atom stereocenters. The number of para-hydroxylation sites is 1. The number of hydrogen-bond acceptors (Lipinski definition) is 7. The van der Waals surface area contributed by atoms with E-state index in [0.29, 0.717) is 39.2 Å². The normalized spacial score (nSPS) is 12.8. The maximum absolute atomic E-state index is 12.0. The van der Waals surface area contributed by atoms with E-state index >= 15 is 0 Å². The summed E-state index contributed by atoms with van der Waals surface area (Å²) in [5.74, 6) is 2.04. The van der Waals surface area contributed by atoms with Crippen LogP contribution in [0.2, 0.25) is 0 Å². The molecular weight excluding hydrogens is 366 g/mol. The predicted octanol–water partition coefficient (Wildman–Crippen LogP) is 4.23. The number of thioether (sulfide) groups is 1. The summed E-state index contributed by atoms with van der Waals surface area (Å²) in [6.07, 6.45) is 0. The highest BCUT2D eigenvalue weighted by Gasteiger charge is 2.21. The van der Waals surface area contributed by atoms with Crippen LogP contribution in [0, 0.1) is 11.3 Å². The molecule has 0 aliphatic carbocycles. The van der Waals surface area contributed by atoms with Crippen LogP contribution >= 0.6 is 11.8 Å². The molecule has 0 aromatic heterocycles. The zero-order valence-corrected chi connectivity index (χ0v) is 15.7. The first-order chi connectivity index (χ1) is 13.2. The number of nitrogens with zero attached hydrogens (tertiary/aromatic N) is 1. The van der Waals surface area contributed by atoms with Crippen molar-refractivity contribution in [3.63, 3.8) is 0 Å². The van der Waals surface area contributed by atoms with E-state index in [1.54, 1.807) is 42.5 Å². The Hall–Kier alpha value is -3.11. The molecule has 0 spiro atoms. The summed E-state index contributed by atoms with van der Waals surface area (Å²) in [7, 11) is 1.31. The SMILES string of the molecule is CCS/C(C#N)=C(\Oc1ccccc1C(=O)OC)c1ccc2c(c1)OCO2. The van der Waals surface area contributed by atoms with Crippen molar-refractivity contribution in [3.05, 3.63) is 58.5 Å². The first kappa shape index (κ1) is 18.7. The van der Waals surface area contributed by atoms with E-state index in [1.807, 2.05) is 6.92 Å². The van der Waals surface area contributed by atoms with Gasteiger partial charge in [0.1, 0.15) is 22.3 Å². The van der Waals surface area contributed by atoms with Crippen LogP contribution in [0.15, 0.2) is 47.4 Å². The minimum Gasteiger partial charge on any atom is -0.465 e. The monoisotopic (exact) mass is 383 g/mol. The molecule has 0 saturated carbocycles. The fraction of sp³-hybridized carbons (Fsp3) is 0.200. The summed E-state index contributed by atoms with van der Waals surface area (Å²) in [4.78, 5) is 12.4. The molecule has 0 fully saturated rings. The lowest BCUT2D eigenvalue weighted by atomic mass is 10.1. The Labute approximate surface area is 161 Å². The van der Waals surface area contributed by atoms with Gasteiger partial charge in [-0.3, -0.25) is 0 Å². The van der Waals surface area contributed by atoms with Gasteiger partial charge in [-0.15, -0.1) is 11.8 Å². The van der Waals surface area contributed by atoms with Crippen molar-refractivity contribution in [2.24, 2.45) is 0 Å². The molecule has 7 heteroatoms. The van der Waals surface area contributed by atoms with Crippen LogP contribution in [-0.4, -0.2) is 25.6 Å². The van der Waals surface area contributed by atoms with Gasteiger partial charge in [-0.1, -0.05) is 19.1 Å². The second-order valence-electron chi connectivity index (χ2n) is 5.36. The molecular formula is C20H17NO5S. The fourth-order valence-electron chi connectivity index (χ4n) is 2.51. The Morgan fingerprint density at radius 2 is 2.00 bits per heavy atom. The van der Waals surface area contributed by atoms with Crippen LogP contribution in [0.3, 0.4) is 0 Å². The number of nitriles is 1. The number of methoxy groups -OCH3 is 1. The molecule has 0 saturated heterocycles. The molecule has 2 aromatic carbocycles. The number of fused-ring (bicyclic) bond motifs is 1. The second-order valence-corrected chi connectivity index (χ2v) is 6.64. The van der Waals surface area contributed by atoms with Gasteiger partial charge in [0.2, 0.25) is 6.79 Å². The maximum atomic E-state index is 12.0. The molecule has 1 aliphatic rings. The number of ether oxygens (including phenoxy) is 4. The molecule has 1 heterocycles. The lowest BCUT2D eigenvalue weighted by Crippen LogP contribution is -2.06. The van der Waals surface area contributed by atoms with Gasteiger partial charge >= 0.3 is 5.97 Å². The van der Waals surface area contributed by atoms with Crippen molar-refractivity contribution in [1.29, 1.82) is 5.26 Å². The fourth-order valence-corrected chi connectivity index (χ4v) is 3.16. The number of allylic oxidation sites excluding steroid dienone is 1. The molecule has 138 valence electrons. The first-order valence-corrected chi connectivity index (χ1v) is 9.18. The number of carbonyl (C=O) groups excluding carboxylic acids is 1. The maximum Gasteiger partial charge on any atom is 0.341 e. The molecule has 0 amide bonds. The Bertz CT molecular complexity index is 932. The van der Waals surface area contributed by atoms with Crippen LogP contribution in [0.5, 0.6) is 17.2 Å². The van der Waals surface area contributed by atoms with E-state index in [0.717, 1.165) is 0 Å². The van der Waals surface area contributed by atoms with E-state index in [9.17, 15) is 10.1 Å². The van der Waals surface area contributed by atoms with Gasteiger partial charge in [0.15, 0.2) is 17.3 Å². The van der Waals surface area contributed by atoms with E-state index in [1.165, 1.54) is 18.9 Å². The highest BCUT2D eigenvalue weighted by atomic mass is 32.2. The number of benzene rings is 2. The minimum absolute atomic E-state index is 0.151. The highest BCUT2D eigenvalue weighted by Crippen LogP contribution is 2.37. The Morgan fingerprint density at radius 1 is 1.22 bits per heavy atom. The molecule has 0 bridgehead atoms. The largest absolute Gasteiger partial charge is 0.465 e. The Morgan fingerprint density at radius 3 is 2.74 bits per heavy atom. The standard InChI is InChI=1S/C20H17NO5S/c1-3-27-18(11-21)19(13-8-9-16-17(10-13)25-12-24-16)26-15-7-5-4-6-14(15)20(22)23-2/h4-10H,3,12H2,1-2H3/b19-18-. The molecule has 3 rings (SSSR count). The van der Waals surface area contributed by atoms with Crippen molar-refractivity contribution in [2.45, 2.75) is 6.92 Å². The van der Waals surface area contributed by atoms with Crippen molar-refractivity contribution < 1.29 is 23.7 Å². The number of esters is 1. The smallest absolute Gasteiger partial charge is 0.341 e. The minimum atomic E-state index is -0.516. The van der Waals surface area contributed by atoms with Gasteiger partial charge in [-0.2, -0.15) is 5.26 Å². The molecule has 27 heavy (non-hydrogen) atoms. The first-order valence-electron chi connectivity index (χ1n) is 8.20. The Balaban J connectivity index is 2.08. The van der Waals surface area contributed by atoms with Gasteiger partial charge in [0.05, 0.1) is 7.11 Å². The molecule has 0 unspecified atom stereocenters. The van der Waals surface area contributed by atoms with Gasteiger partial charge in [-0.25, -0.2) is 4.79 Å². The molecule has 6 nitrogen and oxygen atoms in total. The van der Waals surface area contributed by atoms with Crippen molar-refractivity contribution in [3.8, 4) is 23.3 Å². The summed E-state index contributed by atoms with van der Waals surface area (Å²) in [5.41, 5.74) is 0.924. The van der Waals surface area contributed by atoms with Gasteiger partial charge in [0, 0.05) is 5.56 Å². The molecule has 1 aliphatic heterocycles. The summed E-state index contributed by atoms with van der Waals surface area (Å²) >= 11 is 1.36. The molecule has 0 radical (unpaired) electrons. The quantitative estimate of drug-likeness (QED) is 0.420. The van der Waals surface area contributed by atoms with E-state index < -0.39 is 5.97 Å². The van der Waals surface area contributed by atoms with E-state index in [2.05, 4.69) is 6.07 Å². The second kappa shape index (κ2) is 8.52. The number of carbonyl (C=O) groups is 1. The highest BCUT2D eigenvalue weighted by molar-refractivity contribution is 8.03. The summed E-state index contributed by atoms with van der Waals surface area (Å²) in [5, 5.41) is 9.63. The third-order valence-corrected chi connectivity index (χ3v) is 4.59. The average Bonchev–Trinajstić information content (AvgIpc) is 3.18. The third kappa shape index (κ3) is 4.01. The summed E-state index contributed by atoms with van der Waals surface area (Å²) < 4.78 is 21.6. The van der Waals surface area contributed by atoms with Crippen molar-refractivity contribution in [1.82, 2.24) is 0 Å². The average molecular weight is 383 g/mol. The number of rotatable bonds is 6. The molecule has 0 N–H and O–H groups in total. The zero-order valence-electron chi connectivity index (χ0n) is 14.9. The third-order valence-electron chi connectivity index (χ3n) is 3.74. The van der Waals surface area contributed by atoms with Crippen LogP contribution in [0.4, 0.5) is 0 Å². The molecule has 2 aromatic rings.